The Morgan fingerprint density at radius 2 is 1.63 bits per heavy atom. The van der Waals surface area contributed by atoms with Crippen LogP contribution in [0.25, 0.3) is 16.8 Å². The van der Waals surface area contributed by atoms with Crippen LogP contribution in [-0.2, 0) is 4.79 Å². The highest BCUT2D eigenvalue weighted by Gasteiger charge is 2.04. The number of rotatable bonds is 4. The topological polar surface area (TPSA) is 20.3 Å². The lowest BCUT2D eigenvalue weighted by atomic mass is 10.0. The van der Waals surface area contributed by atoms with Crippen molar-refractivity contribution in [1.29, 1.82) is 0 Å². The lowest BCUT2D eigenvalue weighted by Crippen LogP contribution is -2.09. The molecule has 0 N–H and O–H groups in total. The van der Waals surface area contributed by atoms with Crippen LogP contribution in [0.1, 0.15) is 5.56 Å². The molecule has 96 valence electrons. The first-order chi connectivity index (χ1) is 9.24. The van der Waals surface area contributed by atoms with Crippen LogP contribution < -0.4 is 4.90 Å². The number of hydrogen-bond donors (Lipinski definition) is 0. The maximum absolute atomic E-state index is 10.2. The molecule has 2 nitrogen and oxygen atoms in total. The van der Waals surface area contributed by atoms with Crippen LogP contribution in [0, 0.1) is 0 Å². The minimum absolute atomic E-state index is 0.775. The van der Waals surface area contributed by atoms with Crippen molar-refractivity contribution in [1.82, 2.24) is 0 Å². The largest absolute Gasteiger partial charge is 0.377 e. The Morgan fingerprint density at radius 1 is 0.895 bits per heavy atom. The first kappa shape index (κ1) is 13.1. The second-order valence-corrected chi connectivity index (χ2v) is 4.49. The van der Waals surface area contributed by atoms with Crippen molar-refractivity contribution in [2.45, 2.75) is 0 Å². The predicted octanol–water partition coefficient (Wildman–Crippen LogP) is 3.67. The van der Waals surface area contributed by atoms with E-state index in [1.807, 2.05) is 32.3 Å². The summed E-state index contributed by atoms with van der Waals surface area (Å²) in [5.41, 5.74) is 2.35. The van der Waals surface area contributed by atoms with Gasteiger partial charge in [-0.05, 0) is 23.1 Å². The first-order valence-corrected chi connectivity index (χ1v) is 6.21. The molecule has 0 atom stereocenters. The van der Waals surface area contributed by atoms with Crippen molar-refractivity contribution in [3.8, 4) is 0 Å². The summed E-state index contributed by atoms with van der Waals surface area (Å²) in [7, 11) is 4.09. The molecule has 2 heteroatoms. The van der Waals surface area contributed by atoms with Gasteiger partial charge in [0.1, 0.15) is 6.29 Å². The van der Waals surface area contributed by atoms with E-state index in [1.165, 1.54) is 22.5 Å². The molecular formula is C17H17NO. The van der Waals surface area contributed by atoms with Crippen LogP contribution >= 0.6 is 0 Å². The fraction of sp³-hybridized carbons (Fsp3) is 0.118. The van der Waals surface area contributed by atoms with Gasteiger partial charge in [-0.15, -0.1) is 0 Å². The van der Waals surface area contributed by atoms with Crippen LogP contribution in [0.2, 0.25) is 0 Å². The van der Waals surface area contributed by atoms with E-state index in [2.05, 4.69) is 35.2 Å². The summed E-state index contributed by atoms with van der Waals surface area (Å²) in [6.45, 7) is 0. The Balaban J connectivity index is 2.52. The Labute approximate surface area is 113 Å². The number of fused-ring (bicyclic) bond motifs is 1. The van der Waals surface area contributed by atoms with E-state index < -0.39 is 0 Å². The van der Waals surface area contributed by atoms with Gasteiger partial charge in [-0.3, -0.25) is 4.79 Å². The highest BCUT2D eigenvalue weighted by atomic mass is 16.1. The maximum Gasteiger partial charge on any atom is 0.142 e. The quantitative estimate of drug-likeness (QED) is 0.469. The molecule has 2 aromatic rings. The van der Waals surface area contributed by atoms with Crippen LogP contribution in [0.15, 0.2) is 54.6 Å². The minimum Gasteiger partial charge on any atom is -0.377 e. The predicted molar refractivity (Wildman–Crippen MR) is 82.5 cm³/mol. The molecule has 0 bridgehead atoms. The van der Waals surface area contributed by atoms with E-state index in [0.29, 0.717) is 0 Å². The molecule has 0 saturated heterocycles. The van der Waals surface area contributed by atoms with Gasteiger partial charge < -0.3 is 4.90 Å². The average Bonchev–Trinajstić information content (AvgIpc) is 2.43. The van der Waals surface area contributed by atoms with Crippen molar-refractivity contribution in [2.24, 2.45) is 0 Å². The molecule has 0 heterocycles. The molecule has 0 aliphatic rings. The van der Waals surface area contributed by atoms with Gasteiger partial charge in [0.05, 0.1) is 0 Å². The number of carbonyl (C=O) groups excluding carboxylic acids is 1. The summed E-state index contributed by atoms with van der Waals surface area (Å²) in [5, 5.41) is 2.44. The zero-order valence-corrected chi connectivity index (χ0v) is 11.2. The Bertz CT molecular complexity index is 639. The number of aldehydes is 1. The molecule has 2 rings (SSSR count). The van der Waals surface area contributed by atoms with E-state index >= 15 is 0 Å². The third kappa shape index (κ3) is 2.91. The molecule has 0 saturated carbocycles. The number of carbonyl (C=O) groups is 1. The minimum atomic E-state index is 0.775. The Morgan fingerprint density at radius 3 is 2.32 bits per heavy atom. The number of nitrogens with zero attached hydrogens (tertiary/aromatic N) is 1. The van der Waals surface area contributed by atoms with Gasteiger partial charge in [-0.1, -0.05) is 48.6 Å². The van der Waals surface area contributed by atoms with Crippen LogP contribution in [0.4, 0.5) is 5.69 Å². The van der Waals surface area contributed by atoms with Crippen molar-refractivity contribution < 1.29 is 4.79 Å². The van der Waals surface area contributed by atoms with Gasteiger partial charge in [-0.2, -0.15) is 0 Å². The SMILES string of the molecule is CN(C)c1ccc(/C=C/C=C/C=O)c2ccccc12. The zero-order chi connectivity index (χ0) is 13.7. The van der Waals surface area contributed by atoms with Gasteiger partial charge in [0.2, 0.25) is 0 Å². The smallest absolute Gasteiger partial charge is 0.142 e. The monoisotopic (exact) mass is 251 g/mol. The number of hydrogen-bond acceptors (Lipinski definition) is 2. The van der Waals surface area contributed by atoms with E-state index in [-0.39, 0.29) is 0 Å². The molecule has 2 aromatic carbocycles. The molecule has 0 aliphatic carbocycles. The standard InChI is InChI=1S/C17H17NO/c1-18(2)17-12-11-14(8-4-3-7-13-19)15-9-5-6-10-16(15)17/h3-13H,1-2H3/b7-3+,8-4+. The van der Waals surface area contributed by atoms with Crippen LogP contribution in [0.5, 0.6) is 0 Å². The second-order valence-electron chi connectivity index (χ2n) is 4.49. The van der Waals surface area contributed by atoms with Gasteiger partial charge in [0, 0.05) is 25.2 Å². The molecule has 0 radical (unpaired) electrons. The van der Waals surface area contributed by atoms with Gasteiger partial charge in [0.15, 0.2) is 0 Å². The maximum atomic E-state index is 10.2. The average molecular weight is 251 g/mol. The molecule has 0 spiro atoms. The highest BCUT2D eigenvalue weighted by Crippen LogP contribution is 2.29. The third-order valence-corrected chi connectivity index (χ3v) is 2.99. The lowest BCUT2D eigenvalue weighted by Gasteiger charge is -2.16. The summed E-state index contributed by atoms with van der Waals surface area (Å²) >= 11 is 0. The fourth-order valence-corrected chi connectivity index (χ4v) is 2.11. The summed E-state index contributed by atoms with van der Waals surface area (Å²) < 4.78 is 0. The summed E-state index contributed by atoms with van der Waals surface area (Å²) in [4.78, 5) is 12.3. The third-order valence-electron chi connectivity index (χ3n) is 2.99. The second kappa shape index (κ2) is 6.01. The summed E-state index contributed by atoms with van der Waals surface area (Å²) in [5.74, 6) is 0. The normalized spacial score (nSPS) is 11.5. The molecule has 0 fully saturated rings. The Kier molecular flexibility index (Phi) is 4.14. The lowest BCUT2D eigenvalue weighted by molar-refractivity contribution is -0.104. The van der Waals surface area contributed by atoms with Crippen molar-refractivity contribution in [3.63, 3.8) is 0 Å². The first-order valence-electron chi connectivity index (χ1n) is 6.21. The van der Waals surface area contributed by atoms with Gasteiger partial charge >= 0.3 is 0 Å². The van der Waals surface area contributed by atoms with Gasteiger partial charge in [0.25, 0.3) is 0 Å². The van der Waals surface area contributed by atoms with Crippen molar-refractivity contribution >= 4 is 28.8 Å². The van der Waals surface area contributed by atoms with E-state index in [1.54, 1.807) is 6.08 Å². The molecule has 0 aliphatic heterocycles. The van der Waals surface area contributed by atoms with Crippen molar-refractivity contribution in [3.05, 3.63) is 60.2 Å². The fourth-order valence-electron chi connectivity index (χ4n) is 2.11. The number of benzene rings is 2. The zero-order valence-electron chi connectivity index (χ0n) is 11.2. The molecule has 0 unspecified atom stereocenters. The Hall–Kier alpha value is -2.35. The van der Waals surface area contributed by atoms with E-state index in [0.717, 1.165) is 11.8 Å². The van der Waals surface area contributed by atoms with Crippen LogP contribution in [0.3, 0.4) is 0 Å². The number of allylic oxidation sites excluding steroid dienone is 3. The number of anilines is 1. The van der Waals surface area contributed by atoms with E-state index in [9.17, 15) is 4.79 Å². The van der Waals surface area contributed by atoms with Gasteiger partial charge in [-0.25, -0.2) is 0 Å². The van der Waals surface area contributed by atoms with E-state index in [4.69, 9.17) is 0 Å². The molecule has 0 aromatic heterocycles. The molecule has 0 amide bonds. The molecule has 19 heavy (non-hydrogen) atoms. The summed E-state index contributed by atoms with van der Waals surface area (Å²) in [6, 6.07) is 12.6. The van der Waals surface area contributed by atoms with Crippen molar-refractivity contribution in [2.75, 3.05) is 19.0 Å². The highest BCUT2D eigenvalue weighted by molar-refractivity contribution is 5.99. The molecular weight excluding hydrogens is 234 g/mol. The van der Waals surface area contributed by atoms with Crippen LogP contribution in [-0.4, -0.2) is 20.4 Å². The summed E-state index contributed by atoms with van der Waals surface area (Å²) in [6.07, 6.45) is 7.89.